The lowest BCUT2D eigenvalue weighted by Crippen LogP contribution is -2.48. The minimum absolute atomic E-state index is 0.105. The molecule has 1 aliphatic rings. The van der Waals surface area contributed by atoms with Crippen LogP contribution in [-0.4, -0.2) is 47.9 Å². The van der Waals surface area contributed by atoms with Crippen LogP contribution in [0.4, 0.5) is 11.4 Å². The van der Waals surface area contributed by atoms with Gasteiger partial charge in [-0.15, -0.1) is 0 Å². The highest BCUT2D eigenvalue weighted by atomic mass is 16.2. The first-order chi connectivity index (χ1) is 13.4. The van der Waals surface area contributed by atoms with Crippen molar-refractivity contribution in [2.75, 3.05) is 36.4 Å². The van der Waals surface area contributed by atoms with Crippen LogP contribution < -0.4 is 10.2 Å². The molecule has 1 aromatic heterocycles. The molecule has 3 rings (SSSR count). The van der Waals surface area contributed by atoms with Crippen molar-refractivity contribution >= 4 is 23.2 Å². The van der Waals surface area contributed by atoms with E-state index in [1.165, 1.54) is 0 Å². The first kappa shape index (κ1) is 19.9. The standard InChI is InChI=1S/C22H28N4O2/c1-15(2)19-7-5-6-16(3)21(19)24-22(28)20-14-18(8-9-23-20)26-12-10-25(11-13-26)17(4)27/h5-9,14-15H,10-13H2,1-4H3,(H,24,28). The molecular weight excluding hydrogens is 352 g/mol. The third kappa shape index (κ3) is 4.32. The van der Waals surface area contributed by atoms with Crippen molar-refractivity contribution in [3.63, 3.8) is 0 Å². The summed E-state index contributed by atoms with van der Waals surface area (Å²) in [6.45, 7) is 10.7. The number of para-hydroxylation sites is 1. The number of benzene rings is 1. The molecule has 0 saturated carbocycles. The van der Waals surface area contributed by atoms with E-state index in [2.05, 4.69) is 29.0 Å². The van der Waals surface area contributed by atoms with E-state index in [-0.39, 0.29) is 11.8 Å². The molecule has 2 heterocycles. The van der Waals surface area contributed by atoms with Crippen LogP contribution in [0.15, 0.2) is 36.5 Å². The zero-order valence-corrected chi connectivity index (χ0v) is 17.0. The van der Waals surface area contributed by atoms with Crippen molar-refractivity contribution in [2.45, 2.75) is 33.6 Å². The highest BCUT2D eigenvalue weighted by Gasteiger charge is 2.20. The maximum absolute atomic E-state index is 12.9. The van der Waals surface area contributed by atoms with Gasteiger partial charge in [0, 0.05) is 50.7 Å². The first-order valence-corrected chi connectivity index (χ1v) is 9.74. The lowest BCUT2D eigenvalue weighted by molar-refractivity contribution is -0.129. The molecule has 0 unspecified atom stereocenters. The fourth-order valence-corrected chi connectivity index (χ4v) is 3.54. The Morgan fingerprint density at radius 3 is 2.46 bits per heavy atom. The van der Waals surface area contributed by atoms with Crippen molar-refractivity contribution in [1.82, 2.24) is 9.88 Å². The molecule has 0 bridgehead atoms. The number of hydrogen-bond acceptors (Lipinski definition) is 4. The lowest BCUT2D eigenvalue weighted by atomic mass is 9.98. The molecule has 6 nitrogen and oxygen atoms in total. The summed E-state index contributed by atoms with van der Waals surface area (Å²) in [6, 6.07) is 9.80. The number of amides is 2. The number of anilines is 2. The van der Waals surface area contributed by atoms with E-state index in [9.17, 15) is 9.59 Å². The quantitative estimate of drug-likeness (QED) is 0.882. The van der Waals surface area contributed by atoms with Gasteiger partial charge in [-0.05, 0) is 36.1 Å². The number of rotatable bonds is 4. The maximum Gasteiger partial charge on any atom is 0.274 e. The van der Waals surface area contributed by atoms with Gasteiger partial charge in [-0.1, -0.05) is 32.0 Å². The van der Waals surface area contributed by atoms with Gasteiger partial charge in [0.15, 0.2) is 0 Å². The summed E-state index contributed by atoms with van der Waals surface area (Å²) >= 11 is 0. The van der Waals surface area contributed by atoms with Gasteiger partial charge in [0.2, 0.25) is 5.91 Å². The highest BCUT2D eigenvalue weighted by molar-refractivity contribution is 6.04. The zero-order chi connectivity index (χ0) is 20.3. The van der Waals surface area contributed by atoms with Gasteiger partial charge in [0.1, 0.15) is 5.69 Å². The van der Waals surface area contributed by atoms with Gasteiger partial charge < -0.3 is 15.1 Å². The Balaban J connectivity index is 1.76. The molecule has 0 atom stereocenters. The summed E-state index contributed by atoms with van der Waals surface area (Å²) in [5.74, 6) is 0.209. The number of nitrogens with one attached hydrogen (secondary N) is 1. The second kappa shape index (κ2) is 8.42. The molecule has 1 aromatic carbocycles. The van der Waals surface area contributed by atoms with Crippen LogP contribution in [0.2, 0.25) is 0 Å². The number of aryl methyl sites for hydroxylation is 1. The molecule has 0 spiro atoms. The number of pyridine rings is 1. The van der Waals surface area contributed by atoms with Crippen molar-refractivity contribution in [3.8, 4) is 0 Å². The minimum atomic E-state index is -0.208. The maximum atomic E-state index is 12.9. The van der Waals surface area contributed by atoms with Gasteiger partial charge in [-0.2, -0.15) is 0 Å². The number of carbonyl (C=O) groups is 2. The van der Waals surface area contributed by atoms with Gasteiger partial charge in [-0.3, -0.25) is 14.6 Å². The Bertz CT molecular complexity index is 871. The van der Waals surface area contributed by atoms with Crippen LogP contribution in [0.3, 0.4) is 0 Å². The van der Waals surface area contributed by atoms with E-state index < -0.39 is 0 Å². The number of hydrogen-bond donors (Lipinski definition) is 1. The van der Waals surface area contributed by atoms with Crippen LogP contribution in [0.1, 0.15) is 48.3 Å². The number of nitrogens with zero attached hydrogens (tertiary/aromatic N) is 3. The molecule has 1 aliphatic heterocycles. The van der Waals surface area contributed by atoms with Crippen molar-refractivity contribution in [3.05, 3.63) is 53.3 Å². The number of piperazine rings is 1. The zero-order valence-electron chi connectivity index (χ0n) is 17.0. The molecule has 2 aromatic rings. The third-order valence-corrected chi connectivity index (χ3v) is 5.23. The third-order valence-electron chi connectivity index (χ3n) is 5.23. The highest BCUT2D eigenvalue weighted by Crippen LogP contribution is 2.28. The van der Waals surface area contributed by atoms with E-state index in [1.54, 1.807) is 13.1 Å². The largest absolute Gasteiger partial charge is 0.368 e. The Hall–Kier alpha value is -2.89. The van der Waals surface area contributed by atoms with Gasteiger partial charge in [0.25, 0.3) is 5.91 Å². The topological polar surface area (TPSA) is 65.5 Å². The predicted octanol–water partition coefficient (Wildman–Crippen LogP) is 3.43. The van der Waals surface area contributed by atoms with E-state index in [0.29, 0.717) is 24.7 Å². The molecule has 1 N–H and O–H groups in total. The average Bonchev–Trinajstić information content (AvgIpc) is 2.69. The fourth-order valence-electron chi connectivity index (χ4n) is 3.54. The fraction of sp³-hybridized carbons (Fsp3) is 0.409. The second-order valence-corrected chi connectivity index (χ2v) is 7.54. The molecule has 28 heavy (non-hydrogen) atoms. The molecular formula is C22H28N4O2. The Morgan fingerprint density at radius 2 is 1.82 bits per heavy atom. The molecule has 2 amide bonds. The number of carbonyl (C=O) groups excluding carboxylic acids is 2. The Morgan fingerprint density at radius 1 is 1.11 bits per heavy atom. The van der Waals surface area contributed by atoms with Crippen molar-refractivity contribution in [2.24, 2.45) is 0 Å². The van der Waals surface area contributed by atoms with E-state index >= 15 is 0 Å². The smallest absolute Gasteiger partial charge is 0.274 e. The summed E-state index contributed by atoms with van der Waals surface area (Å²) in [5.41, 5.74) is 4.37. The Kier molecular flexibility index (Phi) is 5.97. The second-order valence-electron chi connectivity index (χ2n) is 7.54. The SMILES string of the molecule is CC(=O)N1CCN(c2ccnc(C(=O)Nc3c(C)cccc3C(C)C)c2)CC1. The van der Waals surface area contributed by atoms with Gasteiger partial charge >= 0.3 is 0 Å². The summed E-state index contributed by atoms with van der Waals surface area (Å²) in [6.07, 6.45) is 1.67. The summed E-state index contributed by atoms with van der Waals surface area (Å²) in [4.78, 5) is 32.7. The molecule has 148 valence electrons. The summed E-state index contributed by atoms with van der Waals surface area (Å²) < 4.78 is 0. The van der Waals surface area contributed by atoms with Crippen LogP contribution in [-0.2, 0) is 4.79 Å². The summed E-state index contributed by atoms with van der Waals surface area (Å²) in [7, 11) is 0. The minimum Gasteiger partial charge on any atom is -0.368 e. The molecule has 0 radical (unpaired) electrons. The molecule has 6 heteroatoms. The molecule has 0 aliphatic carbocycles. The summed E-state index contributed by atoms with van der Waals surface area (Å²) in [5, 5.41) is 3.06. The van der Waals surface area contributed by atoms with E-state index in [4.69, 9.17) is 0 Å². The van der Waals surface area contributed by atoms with Gasteiger partial charge in [0.05, 0.1) is 0 Å². The van der Waals surface area contributed by atoms with Crippen LogP contribution in [0.5, 0.6) is 0 Å². The van der Waals surface area contributed by atoms with Gasteiger partial charge in [-0.25, -0.2) is 0 Å². The normalized spacial score (nSPS) is 14.3. The van der Waals surface area contributed by atoms with Crippen molar-refractivity contribution < 1.29 is 9.59 Å². The van der Waals surface area contributed by atoms with Crippen LogP contribution >= 0.6 is 0 Å². The Labute approximate surface area is 166 Å². The van der Waals surface area contributed by atoms with Crippen LogP contribution in [0.25, 0.3) is 0 Å². The predicted molar refractivity (Wildman–Crippen MR) is 112 cm³/mol. The number of aromatic nitrogens is 1. The molecule has 1 saturated heterocycles. The lowest BCUT2D eigenvalue weighted by Gasteiger charge is -2.35. The van der Waals surface area contributed by atoms with Crippen LogP contribution in [0, 0.1) is 6.92 Å². The monoisotopic (exact) mass is 380 g/mol. The van der Waals surface area contributed by atoms with E-state index in [1.807, 2.05) is 42.2 Å². The van der Waals surface area contributed by atoms with Crippen molar-refractivity contribution in [1.29, 1.82) is 0 Å². The van der Waals surface area contributed by atoms with E-state index in [0.717, 1.165) is 35.6 Å². The first-order valence-electron chi connectivity index (χ1n) is 9.74. The average molecular weight is 380 g/mol. The molecule has 1 fully saturated rings.